The molecule has 0 unspecified atom stereocenters. The molecule has 0 radical (unpaired) electrons. The molecule has 0 amide bonds. The van der Waals surface area contributed by atoms with Gasteiger partial charge in [-0.2, -0.15) is 4.98 Å². The lowest BCUT2D eigenvalue weighted by molar-refractivity contribution is 0.0983. The normalized spacial score (nSPS) is 13.9. The Morgan fingerprint density at radius 3 is 2.70 bits per heavy atom. The van der Waals surface area contributed by atoms with Crippen molar-refractivity contribution in [1.29, 1.82) is 0 Å². The molecule has 1 aliphatic heterocycles. The van der Waals surface area contributed by atoms with Crippen LogP contribution in [0.5, 0.6) is 0 Å². The molecule has 0 atom stereocenters. The number of benzene rings is 1. The molecule has 1 saturated heterocycles. The highest BCUT2D eigenvalue weighted by Crippen LogP contribution is 2.27. The van der Waals surface area contributed by atoms with Gasteiger partial charge in [-0.1, -0.05) is 13.0 Å². The second kappa shape index (κ2) is 8.95. The number of rotatable bonds is 6. The number of anilines is 3. The third-order valence-electron chi connectivity index (χ3n) is 5.67. The first kappa shape index (κ1) is 21.0. The largest absolute Gasteiger partial charge is 0.378 e. The Kier molecular flexibility index (Phi) is 5.70. The van der Waals surface area contributed by atoms with Gasteiger partial charge in [-0.25, -0.2) is 9.97 Å². The van der Waals surface area contributed by atoms with Gasteiger partial charge in [0.05, 0.1) is 48.2 Å². The Hall–Kier alpha value is -3.85. The van der Waals surface area contributed by atoms with E-state index in [2.05, 4.69) is 26.3 Å². The van der Waals surface area contributed by atoms with Crippen LogP contribution in [0.25, 0.3) is 22.3 Å². The monoisotopic (exact) mass is 443 g/mol. The molecule has 1 aromatic carbocycles. The first-order valence-corrected chi connectivity index (χ1v) is 11.0. The van der Waals surface area contributed by atoms with Crippen LogP contribution >= 0.6 is 0 Å². The minimum absolute atomic E-state index is 0.0189. The summed E-state index contributed by atoms with van der Waals surface area (Å²) >= 11 is 0. The molecule has 4 heterocycles. The zero-order chi connectivity index (χ0) is 22.8. The zero-order valence-corrected chi connectivity index (χ0v) is 18.7. The number of aryl methyl sites for hydroxylation is 1. The molecular weight excluding hydrogens is 418 g/mol. The molecule has 1 aliphatic rings. The average molecular weight is 444 g/mol. The van der Waals surface area contributed by atoms with Crippen LogP contribution < -0.4 is 10.2 Å². The van der Waals surface area contributed by atoms with E-state index in [1.807, 2.05) is 42.8 Å². The number of aromatic nitrogens is 5. The quantitative estimate of drug-likeness (QED) is 0.452. The van der Waals surface area contributed by atoms with Gasteiger partial charge in [0.2, 0.25) is 5.95 Å². The first-order chi connectivity index (χ1) is 16.1. The maximum atomic E-state index is 11.9. The van der Waals surface area contributed by atoms with Crippen LogP contribution in [0.3, 0.4) is 0 Å². The van der Waals surface area contributed by atoms with Gasteiger partial charge in [-0.05, 0) is 24.3 Å². The topological polar surface area (TPSA) is 98.1 Å². The van der Waals surface area contributed by atoms with Crippen molar-refractivity contribution in [2.45, 2.75) is 13.3 Å². The van der Waals surface area contributed by atoms with Gasteiger partial charge in [0.25, 0.3) is 0 Å². The van der Waals surface area contributed by atoms with E-state index in [1.165, 1.54) is 0 Å². The van der Waals surface area contributed by atoms with Crippen LogP contribution in [0.4, 0.5) is 17.5 Å². The molecule has 0 saturated carbocycles. The molecule has 33 heavy (non-hydrogen) atoms. The summed E-state index contributed by atoms with van der Waals surface area (Å²) < 4.78 is 7.48. The van der Waals surface area contributed by atoms with Gasteiger partial charge in [-0.15, -0.1) is 0 Å². The fourth-order valence-corrected chi connectivity index (χ4v) is 3.81. The van der Waals surface area contributed by atoms with Crippen molar-refractivity contribution in [2.75, 3.05) is 36.5 Å². The molecule has 9 heteroatoms. The molecule has 0 bridgehead atoms. The van der Waals surface area contributed by atoms with Crippen molar-refractivity contribution in [3.05, 3.63) is 54.6 Å². The summed E-state index contributed by atoms with van der Waals surface area (Å²) in [6.45, 7) is 4.59. The number of morpholine rings is 1. The smallest absolute Gasteiger partial charge is 0.228 e. The number of carbonyl (C=O) groups is 1. The number of imidazole rings is 1. The predicted molar refractivity (Wildman–Crippen MR) is 127 cm³/mol. The number of hydrogen-bond donors (Lipinski definition) is 1. The summed E-state index contributed by atoms with van der Waals surface area (Å²) in [6, 6.07) is 11.6. The van der Waals surface area contributed by atoms with Crippen molar-refractivity contribution >= 4 is 34.3 Å². The van der Waals surface area contributed by atoms with E-state index in [-0.39, 0.29) is 5.78 Å². The number of Topliss-reactive ketones (excluding diaryl/α,β-unsaturated/α-hetero) is 1. The number of ether oxygens (including phenoxy) is 1. The lowest BCUT2D eigenvalue weighted by Gasteiger charge is -2.27. The molecule has 0 aliphatic carbocycles. The fraction of sp³-hybridized carbons (Fsp3) is 0.292. The minimum Gasteiger partial charge on any atom is -0.378 e. The molecule has 3 aromatic heterocycles. The van der Waals surface area contributed by atoms with E-state index >= 15 is 0 Å². The van der Waals surface area contributed by atoms with Gasteiger partial charge in [0.1, 0.15) is 11.5 Å². The van der Waals surface area contributed by atoms with E-state index in [4.69, 9.17) is 14.7 Å². The predicted octanol–water partition coefficient (Wildman–Crippen LogP) is 3.60. The standard InChI is InChI=1S/C24H25N7O2/c1-3-22(32)18-6-5-17(14-25-18)27-23-13-19(28-24(29-23)31-8-10-33-11-9-31)16-4-7-21-20(12-16)26-15-30(21)2/h4-7,12-15H,3,8-11H2,1-2H3,(H,27,28,29). The van der Waals surface area contributed by atoms with Gasteiger partial charge in [0, 0.05) is 38.2 Å². The maximum Gasteiger partial charge on any atom is 0.228 e. The molecule has 1 N–H and O–H groups in total. The van der Waals surface area contributed by atoms with Crippen molar-refractivity contribution in [3.63, 3.8) is 0 Å². The molecule has 5 rings (SSSR count). The van der Waals surface area contributed by atoms with Crippen molar-refractivity contribution < 1.29 is 9.53 Å². The SMILES string of the molecule is CCC(=O)c1ccc(Nc2cc(-c3ccc4c(c3)ncn4C)nc(N3CCOCC3)n2)cn1. The second-order valence-corrected chi connectivity index (χ2v) is 7.93. The molecule has 0 spiro atoms. The van der Waals surface area contributed by atoms with Gasteiger partial charge in [-0.3, -0.25) is 9.78 Å². The van der Waals surface area contributed by atoms with Gasteiger partial charge < -0.3 is 19.5 Å². The van der Waals surface area contributed by atoms with E-state index in [0.29, 0.717) is 37.1 Å². The van der Waals surface area contributed by atoms with E-state index in [9.17, 15) is 4.79 Å². The Morgan fingerprint density at radius 1 is 1.09 bits per heavy atom. The molecule has 168 valence electrons. The Balaban J connectivity index is 1.51. The van der Waals surface area contributed by atoms with Gasteiger partial charge >= 0.3 is 0 Å². The van der Waals surface area contributed by atoms with Gasteiger partial charge in [0.15, 0.2) is 5.78 Å². The van der Waals surface area contributed by atoms with E-state index < -0.39 is 0 Å². The summed E-state index contributed by atoms with van der Waals surface area (Å²) in [5.74, 6) is 1.31. The van der Waals surface area contributed by atoms with Crippen molar-refractivity contribution in [2.24, 2.45) is 7.05 Å². The Labute approximate surface area is 191 Å². The first-order valence-electron chi connectivity index (χ1n) is 11.0. The van der Waals surface area contributed by atoms with Crippen LogP contribution in [-0.2, 0) is 11.8 Å². The summed E-state index contributed by atoms with van der Waals surface area (Å²) in [5.41, 5.74) is 4.95. The number of nitrogens with zero attached hydrogens (tertiary/aromatic N) is 6. The Bertz CT molecular complexity index is 1290. The van der Waals surface area contributed by atoms with E-state index in [0.717, 1.165) is 41.1 Å². The van der Waals surface area contributed by atoms with Crippen molar-refractivity contribution in [1.82, 2.24) is 24.5 Å². The molecule has 4 aromatic rings. The molecular formula is C24H25N7O2. The molecule has 1 fully saturated rings. The zero-order valence-electron chi connectivity index (χ0n) is 18.7. The number of fused-ring (bicyclic) bond motifs is 1. The highest BCUT2D eigenvalue weighted by atomic mass is 16.5. The van der Waals surface area contributed by atoms with Crippen LogP contribution in [0.2, 0.25) is 0 Å². The summed E-state index contributed by atoms with van der Waals surface area (Å²) in [6.07, 6.45) is 3.89. The lowest BCUT2D eigenvalue weighted by atomic mass is 10.1. The third kappa shape index (κ3) is 4.40. The number of nitrogens with one attached hydrogen (secondary N) is 1. The van der Waals surface area contributed by atoms with Crippen LogP contribution in [0.15, 0.2) is 48.9 Å². The lowest BCUT2D eigenvalue weighted by Crippen LogP contribution is -2.37. The van der Waals surface area contributed by atoms with Crippen LogP contribution in [0, 0.1) is 0 Å². The highest BCUT2D eigenvalue weighted by molar-refractivity contribution is 5.94. The summed E-state index contributed by atoms with van der Waals surface area (Å²) in [5, 5.41) is 3.32. The molecule has 9 nitrogen and oxygen atoms in total. The van der Waals surface area contributed by atoms with Crippen molar-refractivity contribution in [3.8, 4) is 11.3 Å². The van der Waals surface area contributed by atoms with E-state index in [1.54, 1.807) is 18.6 Å². The fourth-order valence-electron chi connectivity index (χ4n) is 3.81. The summed E-state index contributed by atoms with van der Waals surface area (Å²) in [7, 11) is 1.98. The number of hydrogen-bond acceptors (Lipinski definition) is 8. The van der Waals surface area contributed by atoms with Crippen LogP contribution in [-0.4, -0.2) is 56.6 Å². The maximum absolute atomic E-state index is 11.9. The second-order valence-electron chi connectivity index (χ2n) is 7.93. The van der Waals surface area contributed by atoms with Crippen LogP contribution in [0.1, 0.15) is 23.8 Å². The number of ketones is 1. The summed E-state index contributed by atoms with van der Waals surface area (Å²) in [4.78, 5) is 32.4. The Morgan fingerprint density at radius 2 is 1.94 bits per heavy atom. The number of pyridine rings is 1. The minimum atomic E-state index is 0.0189. The average Bonchev–Trinajstić information content (AvgIpc) is 3.24. The number of carbonyl (C=O) groups excluding carboxylic acids is 1. The highest BCUT2D eigenvalue weighted by Gasteiger charge is 2.17. The third-order valence-corrected chi connectivity index (χ3v) is 5.67.